The molecule has 118 valence electrons. The Hall–Kier alpha value is -2.20. The van der Waals surface area contributed by atoms with E-state index in [1.807, 2.05) is 36.6 Å². The molecule has 0 unspecified atom stereocenters. The summed E-state index contributed by atoms with van der Waals surface area (Å²) in [5, 5.41) is 10.9. The molecular formula is C15H19N3O3S. The number of hydrogen-bond donors (Lipinski definition) is 1. The predicted octanol–water partition coefficient (Wildman–Crippen LogP) is 2.61. The number of amides is 3. The molecule has 6 nitrogen and oxygen atoms in total. The Morgan fingerprint density at radius 2 is 2.09 bits per heavy atom. The second kappa shape index (κ2) is 10.5. The smallest absolute Gasteiger partial charge is 0.418 e. The number of nitrogens with zero attached hydrogens (tertiary/aromatic N) is 2. The minimum atomic E-state index is -0.708. The van der Waals surface area contributed by atoms with Gasteiger partial charge in [0.1, 0.15) is 13.2 Å². The molecule has 0 fully saturated rings. The molecule has 0 radical (unpaired) electrons. The Labute approximate surface area is 134 Å². The number of imide groups is 1. The number of nitriles is 1. The predicted molar refractivity (Wildman–Crippen MR) is 85.3 cm³/mol. The molecule has 0 saturated carbocycles. The zero-order chi connectivity index (χ0) is 16.2. The van der Waals surface area contributed by atoms with Crippen LogP contribution in [0.2, 0.25) is 0 Å². The summed E-state index contributed by atoms with van der Waals surface area (Å²) in [4.78, 5) is 25.0. The quantitative estimate of drug-likeness (QED) is 0.616. The van der Waals surface area contributed by atoms with Crippen molar-refractivity contribution in [3.05, 3.63) is 35.9 Å². The van der Waals surface area contributed by atoms with E-state index >= 15 is 0 Å². The van der Waals surface area contributed by atoms with Crippen LogP contribution in [0.1, 0.15) is 12.0 Å². The number of carbonyl (C=O) groups is 2. The highest BCUT2D eigenvalue weighted by atomic mass is 32.2. The molecular weight excluding hydrogens is 302 g/mol. The first-order chi connectivity index (χ1) is 10.7. The van der Waals surface area contributed by atoms with E-state index in [1.165, 1.54) is 0 Å². The number of urea groups is 1. The van der Waals surface area contributed by atoms with E-state index in [0.29, 0.717) is 6.42 Å². The van der Waals surface area contributed by atoms with Crippen molar-refractivity contribution >= 4 is 23.9 Å². The largest absolute Gasteiger partial charge is 0.444 e. The molecule has 0 aliphatic rings. The van der Waals surface area contributed by atoms with Crippen LogP contribution in [0, 0.1) is 11.3 Å². The Morgan fingerprint density at radius 3 is 2.73 bits per heavy atom. The van der Waals surface area contributed by atoms with Gasteiger partial charge in [0.2, 0.25) is 0 Å². The van der Waals surface area contributed by atoms with E-state index in [-0.39, 0.29) is 19.7 Å². The number of thioether (sulfide) groups is 1. The van der Waals surface area contributed by atoms with Crippen LogP contribution in [0.15, 0.2) is 30.3 Å². The van der Waals surface area contributed by atoms with Gasteiger partial charge in [0.05, 0.1) is 6.07 Å². The molecule has 22 heavy (non-hydrogen) atoms. The fourth-order valence-electron chi connectivity index (χ4n) is 1.65. The van der Waals surface area contributed by atoms with Crippen molar-refractivity contribution in [2.24, 2.45) is 0 Å². The molecule has 0 spiro atoms. The highest BCUT2D eigenvalue weighted by Gasteiger charge is 2.22. The zero-order valence-electron chi connectivity index (χ0n) is 12.4. The summed E-state index contributed by atoms with van der Waals surface area (Å²) in [6.45, 7) is 0.208. The van der Waals surface area contributed by atoms with Gasteiger partial charge in [-0.3, -0.25) is 0 Å². The topological polar surface area (TPSA) is 82.4 Å². The van der Waals surface area contributed by atoms with Crippen LogP contribution in [0.5, 0.6) is 0 Å². The lowest BCUT2D eigenvalue weighted by Gasteiger charge is -2.20. The number of nitrogens with one attached hydrogen (secondary N) is 1. The third kappa shape index (κ3) is 6.50. The van der Waals surface area contributed by atoms with Crippen LogP contribution in [0.3, 0.4) is 0 Å². The highest BCUT2D eigenvalue weighted by Crippen LogP contribution is 2.05. The molecule has 0 aliphatic carbocycles. The maximum atomic E-state index is 12.1. The van der Waals surface area contributed by atoms with Gasteiger partial charge in [-0.2, -0.15) is 17.0 Å². The van der Waals surface area contributed by atoms with Gasteiger partial charge in [-0.25, -0.2) is 14.5 Å². The molecule has 0 aromatic heterocycles. The number of carbonyl (C=O) groups excluding carboxylic acids is 2. The molecule has 1 N–H and O–H groups in total. The van der Waals surface area contributed by atoms with Crippen LogP contribution in [-0.4, -0.2) is 42.1 Å². The van der Waals surface area contributed by atoms with Crippen LogP contribution < -0.4 is 5.32 Å². The average molecular weight is 321 g/mol. The van der Waals surface area contributed by atoms with Crippen molar-refractivity contribution < 1.29 is 14.3 Å². The molecule has 0 aliphatic heterocycles. The van der Waals surface area contributed by atoms with Gasteiger partial charge in [-0.1, -0.05) is 30.3 Å². The molecule has 0 heterocycles. The summed E-state index contributed by atoms with van der Waals surface area (Å²) in [5.74, 6) is 0.827. The number of ether oxygens (including phenoxy) is 1. The van der Waals surface area contributed by atoms with Gasteiger partial charge in [0.25, 0.3) is 0 Å². The van der Waals surface area contributed by atoms with Crippen LogP contribution in [-0.2, 0) is 11.3 Å². The van der Waals surface area contributed by atoms with Crippen molar-refractivity contribution in [3.8, 4) is 6.07 Å². The molecule has 1 rings (SSSR count). The first-order valence-corrected chi connectivity index (χ1v) is 8.20. The summed E-state index contributed by atoms with van der Waals surface area (Å²) >= 11 is 1.63. The number of benzene rings is 1. The molecule has 1 aromatic carbocycles. The molecule has 0 saturated heterocycles. The Bertz CT molecular complexity index is 517. The number of rotatable bonds is 7. The van der Waals surface area contributed by atoms with Gasteiger partial charge in [-0.05, 0) is 24.0 Å². The van der Waals surface area contributed by atoms with Gasteiger partial charge in [0, 0.05) is 6.54 Å². The molecule has 1 aromatic rings. The van der Waals surface area contributed by atoms with Crippen LogP contribution in [0.4, 0.5) is 9.59 Å². The lowest BCUT2D eigenvalue weighted by atomic mass is 10.2. The van der Waals surface area contributed by atoms with Gasteiger partial charge >= 0.3 is 12.1 Å². The molecule has 0 atom stereocenters. The van der Waals surface area contributed by atoms with Crippen molar-refractivity contribution in [1.29, 1.82) is 5.26 Å². The van der Waals surface area contributed by atoms with E-state index in [2.05, 4.69) is 5.32 Å². The third-order valence-electron chi connectivity index (χ3n) is 2.72. The lowest BCUT2D eigenvalue weighted by molar-refractivity contribution is 0.104. The second-order valence-corrected chi connectivity index (χ2v) is 5.34. The molecule has 0 bridgehead atoms. The average Bonchev–Trinajstić information content (AvgIpc) is 2.55. The van der Waals surface area contributed by atoms with Crippen LogP contribution >= 0.6 is 11.8 Å². The Morgan fingerprint density at radius 1 is 1.36 bits per heavy atom. The van der Waals surface area contributed by atoms with Crippen molar-refractivity contribution in [2.75, 3.05) is 25.1 Å². The SMILES string of the molecule is CSCCCN(C(=O)NCC#N)C(=O)OCc1ccccc1. The van der Waals surface area contributed by atoms with E-state index in [1.54, 1.807) is 17.8 Å². The first-order valence-electron chi connectivity index (χ1n) is 6.81. The van der Waals surface area contributed by atoms with E-state index < -0.39 is 12.1 Å². The summed E-state index contributed by atoms with van der Waals surface area (Å²) in [6, 6.07) is 10.4. The summed E-state index contributed by atoms with van der Waals surface area (Å²) < 4.78 is 5.16. The normalized spacial score (nSPS) is 9.64. The fourth-order valence-corrected chi connectivity index (χ4v) is 2.07. The van der Waals surface area contributed by atoms with Gasteiger partial charge in [-0.15, -0.1) is 0 Å². The van der Waals surface area contributed by atoms with Gasteiger partial charge < -0.3 is 10.1 Å². The summed E-state index contributed by atoms with van der Waals surface area (Å²) in [5.41, 5.74) is 0.845. The molecule has 7 heteroatoms. The van der Waals surface area contributed by atoms with Crippen molar-refractivity contribution in [3.63, 3.8) is 0 Å². The minimum absolute atomic E-state index is 0.101. The number of hydrogen-bond acceptors (Lipinski definition) is 5. The Kier molecular flexibility index (Phi) is 8.53. The van der Waals surface area contributed by atoms with Gasteiger partial charge in [0.15, 0.2) is 0 Å². The lowest BCUT2D eigenvalue weighted by Crippen LogP contribution is -2.44. The zero-order valence-corrected chi connectivity index (χ0v) is 13.3. The molecule has 3 amide bonds. The first kappa shape index (κ1) is 17.9. The van der Waals surface area contributed by atoms with Crippen molar-refractivity contribution in [1.82, 2.24) is 10.2 Å². The monoisotopic (exact) mass is 321 g/mol. The summed E-state index contributed by atoms with van der Waals surface area (Å²) in [6.07, 6.45) is 1.91. The second-order valence-electron chi connectivity index (χ2n) is 4.35. The minimum Gasteiger partial charge on any atom is -0.444 e. The van der Waals surface area contributed by atoms with E-state index in [9.17, 15) is 9.59 Å². The van der Waals surface area contributed by atoms with Crippen molar-refractivity contribution in [2.45, 2.75) is 13.0 Å². The van der Waals surface area contributed by atoms with E-state index in [0.717, 1.165) is 16.2 Å². The van der Waals surface area contributed by atoms with Crippen LogP contribution in [0.25, 0.3) is 0 Å². The highest BCUT2D eigenvalue weighted by molar-refractivity contribution is 7.98. The Balaban J connectivity index is 2.57. The maximum absolute atomic E-state index is 12.1. The summed E-state index contributed by atoms with van der Waals surface area (Å²) in [7, 11) is 0. The fraction of sp³-hybridized carbons (Fsp3) is 0.400. The van der Waals surface area contributed by atoms with E-state index in [4.69, 9.17) is 10.00 Å². The third-order valence-corrected chi connectivity index (χ3v) is 3.42. The maximum Gasteiger partial charge on any atom is 0.418 e. The standard InChI is InChI=1S/C15H19N3O3S/c1-22-11-5-10-18(14(19)17-9-8-16)15(20)21-12-13-6-3-2-4-7-13/h2-4,6-7H,5,9-12H2,1H3,(H,17,19).